The van der Waals surface area contributed by atoms with Gasteiger partial charge in [-0.05, 0) is 35.2 Å². The molecular formula is C15H24BrN3. The van der Waals surface area contributed by atoms with Crippen molar-refractivity contribution >= 4 is 21.7 Å². The molecule has 0 radical (unpaired) electrons. The van der Waals surface area contributed by atoms with Crippen molar-refractivity contribution in [3.8, 4) is 0 Å². The standard InChI is InChI=1S/C15H24BrN3/c1-5-9-17-14-11(16)12(15(2,3)4)18-13(19-14)10-7-6-8-10/h10H,5-9H2,1-4H3,(H,17,18,19). The molecule has 1 aromatic rings. The summed E-state index contributed by atoms with van der Waals surface area (Å²) in [4.78, 5) is 9.57. The highest BCUT2D eigenvalue weighted by molar-refractivity contribution is 9.10. The van der Waals surface area contributed by atoms with Crippen LogP contribution < -0.4 is 5.32 Å². The number of aromatic nitrogens is 2. The SMILES string of the molecule is CCCNc1nc(C2CCC2)nc(C(C)(C)C)c1Br. The predicted molar refractivity (Wildman–Crippen MR) is 83.8 cm³/mol. The Labute approximate surface area is 124 Å². The molecule has 1 N–H and O–H groups in total. The summed E-state index contributed by atoms with van der Waals surface area (Å²) in [6.45, 7) is 9.72. The second-order valence-corrected chi connectivity index (χ2v) is 7.19. The molecule has 0 unspecified atom stereocenters. The van der Waals surface area contributed by atoms with Crippen LogP contribution in [0.1, 0.15) is 70.8 Å². The van der Waals surface area contributed by atoms with E-state index in [4.69, 9.17) is 9.97 Å². The molecule has 0 bridgehead atoms. The van der Waals surface area contributed by atoms with Crippen molar-refractivity contribution in [3.05, 3.63) is 16.0 Å². The Bertz CT molecular complexity index is 447. The van der Waals surface area contributed by atoms with E-state index in [2.05, 4.69) is 48.9 Å². The van der Waals surface area contributed by atoms with Crippen LogP contribution in [0.5, 0.6) is 0 Å². The smallest absolute Gasteiger partial charge is 0.144 e. The van der Waals surface area contributed by atoms with Gasteiger partial charge in [0, 0.05) is 17.9 Å². The monoisotopic (exact) mass is 325 g/mol. The number of halogens is 1. The Hall–Kier alpha value is -0.640. The van der Waals surface area contributed by atoms with Gasteiger partial charge in [-0.3, -0.25) is 0 Å². The number of hydrogen-bond donors (Lipinski definition) is 1. The van der Waals surface area contributed by atoms with E-state index in [1.807, 2.05) is 0 Å². The van der Waals surface area contributed by atoms with Gasteiger partial charge < -0.3 is 5.32 Å². The third-order valence-corrected chi connectivity index (χ3v) is 4.34. The van der Waals surface area contributed by atoms with E-state index in [0.29, 0.717) is 5.92 Å². The first-order chi connectivity index (χ1) is 8.93. The molecule has 2 rings (SSSR count). The van der Waals surface area contributed by atoms with E-state index >= 15 is 0 Å². The molecule has 1 aliphatic rings. The zero-order valence-corrected chi connectivity index (χ0v) is 14.0. The fraction of sp³-hybridized carbons (Fsp3) is 0.733. The van der Waals surface area contributed by atoms with E-state index < -0.39 is 0 Å². The zero-order valence-electron chi connectivity index (χ0n) is 12.4. The lowest BCUT2D eigenvalue weighted by Gasteiger charge is -2.28. The van der Waals surface area contributed by atoms with Crippen molar-refractivity contribution in [1.29, 1.82) is 0 Å². The van der Waals surface area contributed by atoms with Crippen molar-refractivity contribution in [2.24, 2.45) is 0 Å². The van der Waals surface area contributed by atoms with Gasteiger partial charge in [0.1, 0.15) is 11.6 Å². The van der Waals surface area contributed by atoms with Gasteiger partial charge in [-0.2, -0.15) is 0 Å². The van der Waals surface area contributed by atoms with Gasteiger partial charge in [-0.15, -0.1) is 0 Å². The van der Waals surface area contributed by atoms with Crippen LogP contribution in [0.3, 0.4) is 0 Å². The van der Waals surface area contributed by atoms with Crippen molar-refractivity contribution in [2.75, 3.05) is 11.9 Å². The average molecular weight is 326 g/mol. The van der Waals surface area contributed by atoms with Crippen LogP contribution in [0.15, 0.2) is 4.47 Å². The average Bonchev–Trinajstić information content (AvgIpc) is 2.25. The zero-order chi connectivity index (χ0) is 14.0. The van der Waals surface area contributed by atoms with Crippen LogP contribution in [0, 0.1) is 0 Å². The second kappa shape index (κ2) is 5.78. The van der Waals surface area contributed by atoms with Crippen molar-refractivity contribution < 1.29 is 0 Å². The number of hydrogen-bond acceptors (Lipinski definition) is 3. The first-order valence-electron chi connectivity index (χ1n) is 7.25. The van der Waals surface area contributed by atoms with Crippen LogP contribution in [-0.4, -0.2) is 16.5 Å². The largest absolute Gasteiger partial charge is 0.369 e. The molecule has 1 aromatic heterocycles. The van der Waals surface area contributed by atoms with Gasteiger partial charge in [0.05, 0.1) is 10.2 Å². The molecule has 1 saturated carbocycles. The Kier molecular flexibility index (Phi) is 4.49. The van der Waals surface area contributed by atoms with Crippen LogP contribution in [0.25, 0.3) is 0 Å². The van der Waals surface area contributed by atoms with Crippen LogP contribution >= 0.6 is 15.9 Å². The quantitative estimate of drug-likeness (QED) is 0.877. The van der Waals surface area contributed by atoms with Gasteiger partial charge in [0.2, 0.25) is 0 Å². The maximum absolute atomic E-state index is 4.84. The third kappa shape index (κ3) is 3.28. The van der Waals surface area contributed by atoms with E-state index in [9.17, 15) is 0 Å². The van der Waals surface area contributed by atoms with Crippen LogP contribution in [-0.2, 0) is 5.41 Å². The summed E-state index contributed by atoms with van der Waals surface area (Å²) < 4.78 is 1.02. The summed E-state index contributed by atoms with van der Waals surface area (Å²) in [5, 5.41) is 3.42. The van der Waals surface area contributed by atoms with Crippen LogP contribution in [0.2, 0.25) is 0 Å². The predicted octanol–water partition coefficient (Wildman–Crippen LogP) is 4.63. The molecule has 0 aliphatic heterocycles. The lowest BCUT2D eigenvalue weighted by Crippen LogP contribution is -2.21. The highest BCUT2D eigenvalue weighted by Crippen LogP contribution is 2.38. The summed E-state index contributed by atoms with van der Waals surface area (Å²) in [5.41, 5.74) is 1.14. The molecule has 0 spiro atoms. The van der Waals surface area contributed by atoms with Gasteiger partial charge in [-0.25, -0.2) is 9.97 Å². The maximum Gasteiger partial charge on any atom is 0.144 e. The minimum absolute atomic E-state index is 0.0307. The fourth-order valence-corrected chi connectivity index (χ4v) is 3.08. The molecule has 19 heavy (non-hydrogen) atoms. The Morgan fingerprint density at radius 1 is 1.26 bits per heavy atom. The van der Waals surface area contributed by atoms with E-state index in [1.54, 1.807) is 0 Å². The molecule has 0 atom stereocenters. The summed E-state index contributed by atoms with van der Waals surface area (Å²) in [6.07, 6.45) is 4.88. The minimum Gasteiger partial charge on any atom is -0.369 e. The van der Waals surface area contributed by atoms with Crippen LogP contribution in [0.4, 0.5) is 5.82 Å². The molecular weight excluding hydrogens is 302 g/mol. The number of nitrogens with zero attached hydrogens (tertiary/aromatic N) is 2. The number of nitrogens with one attached hydrogen (secondary N) is 1. The summed E-state index contributed by atoms with van der Waals surface area (Å²) in [5.74, 6) is 2.55. The molecule has 1 fully saturated rings. The molecule has 0 saturated heterocycles. The molecule has 1 aliphatic carbocycles. The highest BCUT2D eigenvalue weighted by atomic mass is 79.9. The molecule has 0 amide bonds. The molecule has 1 heterocycles. The van der Waals surface area contributed by atoms with Gasteiger partial charge in [0.25, 0.3) is 0 Å². The molecule has 4 heteroatoms. The molecule has 106 valence electrons. The lowest BCUT2D eigenvalue weighted by molar-refractivity contribution is 0.397. The topological polar surface area (TPSA) is 37.8 Å². The van der Waals surface area contributed by atoms with Gasteiger partial charge >= 0.3 is 0 Å². The van der Waals surface area contributed by atoms with Crippen molar-refractivity contribution in [3.63, 3.8) is 0 Å². The first kappa shape index (κ1) is 14.8. The Morgan fingerprint density at radius 2 is 1.95 bits per heavy atom. The summed E-state index contributed by atoms with van der Waals surface area (Å²) in [7, 11) is 0. The van der Waals surface area contributed by atoms with Gasteiger partial charge in [0.15, 0.2) is 0 Å². The normalized spacial score (nSPS) is 16.3. The maximum atomic E-state index is 4.84. The lowest BCUT2D eigenvalue weighted by atomic mass is 9.84. The second-order valence-electron chi connectivity index (χ2n) is 6.40. The third-order valence-electron chi connectivity index (χ3n) is 3.59. The van der Waals surface area contributed by atoms with E-state index in [1.165, 1.54) is 19.3 Å². The molecule has 0 aromatic carbocycles. The number of rotatable bonds is 4. The highest BCUT2D eigenvalue weighted by Gasteiger charge is 2.28. The minimum atomic E-state index is 0.0307. The van der Waals surface area contributed by atoms with E-state index in [0.717, 1.165) is 34.8 Å². The molecule has 3 nitrogen and oxygen atoms in total. The summed E-state index contributed by atoms with van der Waals surface area (Å²) >= 11 is 3.68. The van der Waals surface area contributed by atoms with Crippen molar-refractivity contribution in [2.45, 2.75) is 64.7 Å². The fourth-order valence-electron chi connectivity index (χ4n) is 2.17. The summed E-state index contributed by atoms with van der Waals surface area (Å²) in [6, 6.07) is 0. The van der Waals surface area contributed by atoms with Gasteiger partial charge in [-0.1, -0.05) is 34.1 Å². The Balaban J connectivity index is 2.40. The Morgan fingerprint density at radius 3 is 2.42 bits per heavy atom. The first-order valence-corrected chi connectivity index (χ1v) is 8.04. The number of anilines is 1. The van der Waals surface area contributed by atoms with Crippen molar-refractivity contribution in [1.82, 2.24) is 9.97 Å². The van der Waals surface area contributed by atoms with E-state index in [-0.39, 0.29) is 5.41 Å².